The van der Waals surface area contributed by atoms with Gasteiger partial charge in [0.1, 0.15) is 25.4 Å². The van der Waals surface area contributed by atoms with Crippen LogP contribution in [-0.2, 0) is 22.6 Å². The summed E-state index contributed by atoms with van der Waals surface area (Å²) >= 11 is 0. The number of carbonyl (C=O) groups is 2. The van der Waals surface area contributed by atoms with E-state index in [2.05, 4.69) is 0 Å². The molecule has 0 saturated carbocycles. The van der Waals surface area contributed by atoms with Crippen molar-refractivity contribution in [3.63, 3.8) is 0 Å². The third kappa shape index (κ3) is 8.47. The maximum absolute atomic E-state index is 12.8. The molecule has 1 radical (unpaired) electrons. The quantitative estimate of drug-likeness (QED) is 0.223. The number of hydrogen-bond donors (Lipinski definition) is 2. The molecule has 0 aliphatic heterocycles. The van der Waals surface area contributed by atoms with Crippen LogP contribution in [0.5, 0.6) is 0 Å². The van der Waals surface area contributed by atoms with Crippen LogP contribution in [0.2, 0.25) is 0 Å². The predicted octanol–water partition coefficient (Wildman–Crippen LogP) is -1.62. The van der Waals surface area contributed by atoms with E-state index in [1.54, 1.807) is 55.4 Å². The minimum absolute atomic E-state index is 0.368. The Morgan fingerprint density at radius 3 is 1.00 bits per heavy atom. The van der Waals surface area contributed by atoms with Crippen molar-refractivity contribution >= 4 is 19.0 Å². The summed E-state index contributed by atoms with van der Waals surface area (Å²) in [5, 5.41) is 20.7. The molecular weight excluding hydrogens is 599 g/mol. The van der Waals surface area contributed by atoms with Crippen molar-refractivity contribution in [2.24, 2.45) is 0 Å². The van der Waals surface area contributed by atoms with Gasteiger partial charge in [-0.15, -0.1) is 0 Å². The standard InChI is InChI=1S/C26H40BN6O12/c1-13(2)30-21(38)28(22(39)31(14(3)4)25(30)42)9-17(34)11-44-19(36)27-20(37)45-12-18(35)10-29-23(40)32(15(5)6)26(43)33(16(7)8)24(29)41/h13-18,34-35H,9-12H2,1-8H3. The molecule has 0 fully saturated rings. The molecule has 45 heavy (non-hydrogen) atoms. The third-order valence-electron chi connectivity index (χ3n) is 6.50. The topological polar surface area (TPSA) is 225 Å². The Labute approximate surface area is 256 Å². The molecule has 249 valence electrons. The van der Waals surface area contributed by atoms with Crippen LogP contribution in [0.25, 0.3) is 0 Å². The molecule has 2 unspecified atom stereocenters. The molecule has 18 nitrogen and oxygen atoms in total. The first-order valence-electron chi connectivity index (χ1n) is 14.3. The average molecular weight is 639 g/mol. The van der Waals surface area contributed by atoms with Gasteiger partial charge in [0, 0.05) is 24.2 Å². The van der Waals surface area contributed by atoms with Crippen molar-refractivity contribution in [2.75, 3.05) is 13.2 Å². The summed E-state index contributed by atoms with van der Waals surface area (Å²) in [6, 6.07) is -2.37. The maximum Gasteiger partial charge on any atom is 0.405 e. The highest BCUT2D eigenvalue weighted by molar-refractivity contribution is 6.94. The SMILES string of the molecule is CC(C)n1c(=O)n(CC(O)COC(=O)[B]C(=O)OCC(O)Cn2c(=O)n(C(C)C)c(=O)n(C(C)C)c2=O)c(=O)n(C(C)C)c1=O. The first-order chi connectivity index (χ1) is 20.8. The van der Waals surface area contributed by atoms with Crippen LogP contribution in [-0.4, -0.2) is 82.1 Å². The minimum atomic E-state index is -1.58. The van der Waals surface area contributed by atoms with Crippen molar-refractivity contribution in [3.8, 4) is 0 Å². The lowest BCUT2D eigenvalue weighted by molar-refractivity contribution is 0.0626. The molecule has 19 heteroatoms. The summed E-state index contributed by atoms with van der Waals surface area (Å²) in [5.74, 6) is -2.51. The van der Waals surface area contributed by atoms with Gasteiger partial charge in [-0.2, -0.15) is 0 Å². The number of nitrogens with zero attached hydrogens (tertiary/aromatic N) is 6. The number of ether oxygens (including phenoxy) is 2. The first kappa shape index (κ1) is 36.9. The molecular formula is C26H40BN6O12. The van der Waals surface area contributed by atoms with Gasteiger partial charge in [0.25, 0.3) is 11.7 Å². The lowest BCUT2D eigenvalue weighted by Gasteiger charge is -2.19. The largest absolute Gasteiger partial charge is 0.471 e. The first-order valence-corrected chi connectivity index (χ1v) is 14.3. The number of aromatic nitrogens is 6. The van der Waals surface area contributed by atoms with E-state index in [1.165, 1.54) is 0 Å². The van der Waals surface area contributed by atoms with Crippen LogP contribution < -0.4 is 34.1 Å². The summed E-state index contributed by atoms with van der Waals surface area (Å²) < 4.78 is 14.3. The summed E-state index contributed by atoms with van der Waals surface area (Å²) in [4.78, 5) is 101. The Hall–Kier alpha value is -4.26. The highest BCUT2D eigenvalue weighted by atomic mass is 16.6. The van der Waals surface area contributed by atoms with Crippen LogP contribution in [0.4, 0.5) is 9.59 Å². The van der Waals surface area contributed by atoms with Gasteiger partial charge < -0.3 is 19.7 Å². The predicted molar refractivity (Wildman–Crippen MR) is 160 cm³/mol. The molecule has 0 bridgehead atoms. The maximum atomic E-state index is 12.8. The fourth-order valence-corrected chi connectivity index (χ4v) is 4.39. The molecule has 0 aliphatic rings. The van der Waals surface area contributed by atoms with Crippen molar-refractivity contribution in [2.45, 2.75) is 105 Å². The van der Waals surface area contributed by atoms with Gasteiger partial charge >= 0.3 is 41.4 Å². The van der Waals surface area contributed by atoms with Crippen molar-refractivity contribution in [1.29, 1.82) is 0 Å². The fraction of sp³-hybridized carbons (Fsp3) is 0.692. The molecule has 2 aromatic heterocycles. The number of carbonyl (C=O) groups excluding carboxylic acids is 2. The van der Waals surface area contributed by atoms with E-state index in [4.69, 9.17) is 9.47 Å². The van der Waals surface area contributed by atoms with Gasteiger partial charge in [0.05, 0.1) is 13.1 Å². The summed E-state index contributed by atoms with van der Waals surface area (Å²) in [5.41, 5.74) is -5.42. The Bertz CT molecular complexity index is 1540. The Balaban J connectivity index is 2.03. The van der Waals surface area contributed by atoms with Crippen molar-refractivity contribution in [1.82, 2.24) is 27.4 Å². The Kier molecular flexibility index (Phi) is 12.4. The van der Waals surface area contributed by atoms with Gasteiger partial charge in [0.2, 0.25) is 0 Å². The lowest BCUT2D eigenvalue weighted by atomic mass is 9.79. The summed E-state index contributed by atoms with van der Waals surface area (Å²) in [6.45, 7) is 9.86. The second kappa shape index (κ2) is 15.2. The van der Waals surface area contributed by atoms with E-state index in [0.29, 0.717) is 16.4 Å². The molecule has 2 heterocycles. The molecule has 2 aromatic rings. The van der Waals surface area contributed by atoms with E-state index in [9.17, 15) is 48.6 Å². The Morgan fingerprint density at radius 2 is 0.778 bits per heavy atom. The number of aliphatic hydroxyl groups excluding tert-OH is 2. The Morgan fingerprint density at radius 1 is 0.533 bits per heavy atom. The van der Waals surface area contributed by atoms with E-state index in [0.717, 1.165) is 18.3 Å². The smallest absolute Gasteiger partial charge is 0.405 e. The zero-order valence-corrected chi connectivity index (χ0v) is 26.5. The van der Waals surface area contributed by atoms with Crippen molar-refractivity contribution in [3.05, 3.63) is 62.9 Å². The molecule has 0 spiro atoms. The third-order valence-corrected chi connectivity index (χ3v) is 6.50. The van der Waals surface area contributed by atoms with Gasteiger partial charge in [-0.3, -0.25) is 9.59 Å². The molecule has 0 aromatic carbocycles. The second-order valence-corrected chi connectivity index (χ2v) is 11.5. The average Bonchev–Trinajstić information content (AvgIpc) is 2.90. The summed E-state index contributed by atoms with van der Waals surface area (Å²) in [7, 11) is 0.368. The minimum Gasteiger partial charge on any atom is -0.471 e. The molecule has 0 saturated heterocycles. The fourth-order valence-electron chi connectivity index (χ4n) is 4.39. The van der Waals surface area contributed by atoms with E-state index >= 15 is 0 Å². The normalized spacial score (nSPS) is 13.0. The zero-order valence-electron chi connectivity index (χ0n) is 26.5. The highest BCUT2D eigenvalue weighted by Crippen LogP contribution is 2.01. The van der Waals surface area contributed by atoms with Crippen LogP contribution in [0, 0.1) is 0 Å². The second-order valence-electron chi connectivity index (χ2n) is 11.5. The van der Waals surface area contributed by atoms with Gasteiger partial charge in [-0.05, 0) is 55.4 Å². The molecule has 2 rings (SSSR count). The van der Waals surface area contributed by atoms with Crippen LogP contribution in [0.1, 0.15) is 79.6 Å². The monoisotopic (exact) mass is 639 g/mol. The molecule has 0 amide bonds. The number of aliphatic hydroxyl groups is 2. The summed E-state index contributed by atoms with van der Waals surface area (Å²) in [6.07, 6.45) is -3.15. The van der Waals surface area contributed by atoms with Crippen LogP contribution in [0.3, 0.4) is 0 Å². The van der Waals surface area contributed by atoms with E-state index in [1.807, 2.05) is 0 Å². The van der Waals surface area contributed by atoms with Gasteiger partial charge in [-0.1, -0.05) is 0 Å². The highest BCUT2D eigenvalue weighted by Gasteiger charge is 2.24. The zero-order chi connectivity index (χ0) is 34.5. The van der Waals surface area contributed by atoms with Crippen LogP contribution >= 0.6 is 0 Å². The van der Waals surface area contributed by atoms with E-state index in [-0.39, 0.29) is 0 Å². The molecule has 2 N–H and O–H groups in total. The van der Waals surface area contributed by atoms with Gasteiger partial charge in [-0.25, -0.2) is 56.2 Å². The molecule has 0 aliphatic carbocycles. The van der Waals surface area contributed by atoms with E-state index < -0.39 is 109 Å². The van der Waals surface area contributed by atoms with Crippen LogP contribution in [0.15, 0.2) is 28.8 Å². The lowest BCUT2D eigenvalue weighted by Crippen LogP contribution is -2.56. The molecule has 2 atom stereocenters. The van der Waals surface area contributed by atoms with Crippen molar-refractivity contribution < 1.29 is 29.3 Å². The van der Waals surface area contributed by atoms with Gasteiger partial charge in [0.15, 0.2) is 0 Å². The number of rotatable bonds is 14. The number of hydrogen-bond acceptors (Lipinski definition) is 12.